The van der Waals surface area contributed by atoms with Gasteiger partial charge in [0.15, 0.2) is 0 Å². The normalized spacial score (nSPS) is 20.1. The predicted molar refractivity (Wildman–Crippen MR) is 61.2 cm³/mol. The smallest absolute Gasteiger partial charge is 0.254 e. The molecular formula is C13H16FNO. The third kappa shape index (κ3) is 1.94. The van der Waals surface area contributed by atoms with Crippen LogP contribution < -0.4 is 0 Å². The maximum Gasteiger partial charge on any atom is 0.254 e. The van der Waals surface area contributed by atoms with Crippen molar-refractivity contribution in [2.45, 2.75) is 25.8 Å². The van der Waals surface area contributed by atoms with E-state index in [0.717, 1.165) is 18.4 Å². The van der Waals surface area contributed by atoms with Gasteiger partial charge < -0.3 is 4.90 Å². The van der Waals surface area contributed by atoms with Gasteiger partial charge in [-0.15, -0.1) is 0 Å². The second-order valence-electron chi connectivity index (χ2n) is 4.26. The molecule has 1 amide bonds. The molecule has 1 atom stereocenters. The first kappa shape index (κ1) is 11.1. The highest BCUT2D eigenvalue weighted by Gasteiger charge is 2.29. The first-order valence-electron chi connectivity index (χ1n) is 5.66. The molecular weight excluding hydrogens is 205 g/mol. The van der Waals surface area contributed by atoms with E-state index >= 15 is 0 Å². The first-order valence-corrected chi connectivity index (χ1v) is 5.66. The van der Waals surface area contributed by atoms with Crippen LogP contribution in [-0.2, 0) is 0 Å². The molecule has 3 heteroatoms. The second kappa shape index (κ2) is 4.64. The summed E-state index contributed by atoms with van der Waals surface area (Å²) in [6, 6.07) is 7.26. The number of likely N-dealkylation sites (tertiary alicyclic amines) is 1. The van der Waals surface area contributed by atoms with Crippen LogP contribution in [0.3, 0.4) is 0 Å². The van der Waals surface area contributed by atoms with Crippen LogP contribution in [0, 0.1) is 6.92 Å². The molecule has 2 nitrogen and oxygen atoms in total. The molecule has 0 N–H and O–H groups in total. The number of halogens is 1. The van der Waals surface area contributed by atoms with Crippen molar-refractivity contribution in [3.8, 4) is 0 Å². The molecule has 86 valence electrons. The molecule has 1 fully saturated rings. The number of nitrogens with zero attached hydrogens (tertiary/aromatic N) is 1. The molecule has 0 spiro atoms. The van der Waals surface area contributed by atoms with Crippen LogP contribution >= 0.6 is 0 Å². The summed E-state index contributed by atoms with van der Waals surface area (Å²) in [4.78, 5) is 13.9. The largest absolute Gasteiger partial charge is 0.333 e. The third-order valence-electron chi connectivity index (χ3n) is 3.19. The van der Waals surface area contributed by atoms with Gasteiger partial charge in [0.25, 0.3) is 5.91 Å². The summed E-state index contributed by atoms with van der Waals surface area (Å²) in [5.41, 5.74) is 1.65. The molecule has 1 aliphatic heterocycles. The van der Waals surface area contributed by atoms with Crippen molar-refractivity contribution in [3.05, 3.63) is 35.4 Å². The molecule has 1 heterocycles. The van der Waals surface area contributed by atoms with Crippen LogP contribution in [0.15, 0.2) is 24.3 Å². The second-order valence-corrected chi connectivity index (χ2v) is 4.26. The van der Waals surface area contributed by atoms with Gasteiger partial charge in [0.2, 0.25) is 0 Å². The molecule has 0 radical (unpaired) electrons. The predicted octanol–water partition coefficient (Wildman–Crippen LogP) is 2.57. The molecule has 0 aromatic heterocycles. The van der Waals surface area contributed by atoms with Crippen LogP contribution in [0.2, 0.25) is 0 Å². The van der Waals surface area contributed by atoms with Gasteiger partial charge in [0, 0.05) is 12.1 Å². The number of hydrogen-bond donors (Lipinski definition) is 0. The fraction of sp³-hybridized carbons (Fsp3) is 0.462. The van der Waals surface area contributed by atoms with Gasteiger partial charge >= 0.3 is 0 Å². The lowest BCUT2D eigenvalue weighted by molar-refractivity contribution is 0.0715. The van der Waals surface area contributed by atoms with E-state index in [1.807, 2.05) is 31.2 Å². The van der Waals surface area contributed by atoms with Crippen molar-refractivity contribution in [2.24, 2.45) is 0 Å². The number of benzene rings is 1. The van der Waals surface area contributed by atoms with Gasteiger partial charge in [-0.05, 0) is 31.4 Å². The quantitative estimate of drug-likeness (QED) is 0.751. The molecule has 2 rings (SSSR count). The average Bonchev–Trinajstić information content (AvgIpc) is 2.77. The Hall–Kier alpha value is -1.38. The van der Waals surface area contributed by atoms with Gasteiger partial charge in [0.05, 0.1) is 6.04 Å². The molecule has 1 aliphatic rings. The molecule has 16 heavy (non-hydrogen) atoms. The highest BCUT2D eigenvalue weighted by atomic mass is 19.1. The summed E-state index contributed by atoms with van der Waals surface area (Å²) in [5, 5.41) is 0. The highest BCUT2D eigenvalue weighted by Crippen LogP contribution is 2.21. The summed E-state index contributed by atoms with van der Waals surface area (Å²) >= 11 is 0. The van der Waals surface area contributed by atoms with E-state index < -0.39 is 6.67 Å². The van der Waals surface area contributed by atoms with Crippen molar-refractivity contribution in [2.75, 3.05) is 13.2 Å². The molecule has 0 aliphatic carbocycles. The van der Waals surface area contributed by atoms with Crippen LogP contribution in [0.4, 0.5) is 4.39 Å². The molecule has 1 aromatic rings. The number of alkyl halides is 1. The monoisotopic (exact) mass is 221 g/mol. The van der Waals surface area contributed by atoms with Gasteiger partial charge in [-0.2, -0.15) is 0 Å². The molecule has 0 unspecified atom stereocenters. The van der Waals surface area contributed by atoms with Crippen molar-refractivity contribution in [3.63, 3.8) is 0 Å². The van der Waals surface area contributed by atoms with Crippen LogP contribution in [0.25, 0.3) is 0 Å². The van der Waals surface area contributed by atoms with Crippen molar-refractivity contribution < 1.29 is 9.18 Å². The number of carbonyl (C=O) groups excluding carboxylic acids is 1. The summed E-state index contributed by atoms with van der Waals surface area (Å²) in [5.74, 6) is -0.0294. The molecule has 1 aromatic carbocycles. The summed E-state index contributed by atoms with van der Waals surface area (Å²) in [6.45, 7) is 2.16. The van der Waals surface area contributed by atoms with Gasteiger partial charge in [-0.25, -0.2) is 4.39 Å². The Bertz CT molecular complexity index is 391. The van der Waals surface area contributed by atoms with Crippen molar-refractivity contribution >= 4 is 5.91 Å². The Morgan fingerprint density at radius 3 is 2.94 bits per heavy atom. The number of hydrogen-bond acceptors (Lipinski definition) is 1. The number of carbonyl (C=O) groups is 1. The topological polar surface area (TPSA) is 20.3 Å². The van der Waals surface area contributed by atoms with Gasteiger partial charge in [-0.3, -0.25) is 4.79 Å². The standard InChI is InChI=1S/C13H16FNO/c1-10-5-2-3-7-12(10)13(16)15-8-4-6-11(15)9-14/h2-3,5,7,11H,4,6,8-9H2,1H3/t11-/m1/s1. The minimum atomic E-state index is -0.433. The summed E-state index contributed by atoms with van der Waals surface area (Å²) in [7, 11) is 0. The van der Waals surface area contributed by atoms with E-state index in [-0.39, 0.29) is 11.9 Å². The average molecular weight is 221 g/mol. The Morgan fingerprint density at radius 2 is 2.25 bits per heavy atom. The number of rotatable bonds is 2. The Balaban J connectivity index is 2.22. The molecule has 0 saturated carbocycles. The van der Waals surface area contributed by atoms with Crippen molar-refractivity contribution in [1.82, 2.24) is 4.90 Å². The maximum absolute atomic E-state index is 12.7. The minimum Gasteiger partial charge on any atom is -0.333 e. The zero-order valence-electron chi connectivity index (χ0n) is 9.45. The van der Waals surface area contributed by atoms with E-state index in [2.05, 4.69) is 0 Å². The Morgan fingerprint density at radius 1 is 1.50 bits per heavy atom. The first-order chi connectivity index (χ1) is 7.74. The Labute approximate surface area is 95.1 Å². The lowest BCUT2D eigenvalue weighted by atomic mass is 10.1. The lowest BCUT2D eigenvalue weighted by Crippen LogP contribution is -2.37. The summed E-state index contributed by atoms with van der Waals surface area (Å²) < 4.78 is 12.7. The zero-order valence-corrected chi connectivity index (χ0v) is 9.45. The highest BCUT2D eigenvalue weighted by molar-refractivity contribution is 5.96. The van der Waals surface area contributed by atoms with Gasteiger partial charge in [0.1, 0.15) is 6.67 Å². The van der Waals surface area contributed by atoms with E-state index in [1.165, 1.54) is 0 Å². The van der Waals surface area contributed by atoms with Crippen LogP contribution in [0.1, 0.15) is 28.8 Å². The van der Waals surface area contributed by atoms with Gasteiger partial charge in [-0.1, -0.05) is 18.2 Å². The lowest BCUT2D eigenvalue weighted by Gasteiger charge is -2.23. The Kier molecular flexibility index (Phi) is 3.22. The van der Waals surface area contributed by atoms with Crippen LogP contribution in [0.5, 0.6) is 0 Å². The minimum absolute atomic E-state index is 0.0294. The number of amides is 1. The van der Waals surface area contributed by atoms with Crippen LogP contribution in [-0.4, -0.2) is 30.1 Å². The molecule has 0 bridgehead atoms. The molecule has 1 saturated heterocycles. The fourth-order valence-electron chi connectivity index (χ4n) is 2.23. The SMILES string of the molecule is Cc1ccccc1C(=O)N1CCC[C@@H]1CF. The number of aryl methyl sites for hydroxylation is 1. The summed E-state index contributed by atoms with van der Waals surface area (Å²) in [6.07, 6.45) is 1.69. The maximum atomic E-state index is 12.7. The third-order valence-corrected chi connectivity index (χ3v) is 3.19. The van der Waals surface area contributed by atoms with E-state index in [1.54, 1.807) is 4.90 Å². The van der Waals surface area contributed by atoms with Crippen molar-refractivity contribution in [1.29, 1.82) is 0 Å². The zero-order chi connectivity index (χ0) is 11.5. The fourth-order valence-corrected chi connectivity index (χ4v) is 2.23. The van der Waals surface area contributed by atoms with E-state index in [9.17, 15) is 9.18 Å². The van der Waals surface area contributed by atoms with E-state index in [4.69, 9.17) is 0 Å². The van der Waals surface area contributed by atoms with E-state index in [0.29, 0.717) is 12.1 Å².